The molecule has 0 aliphatic carbocycles. The number of amides is 2. The molecule has 2 N–H and O–H groups in total. The molecule has 8 heteroatoms. The number of aromatic nitrogens is 1. The molecule has 1 aromatic rings. The second-order valence-electron chi connectivity index (χ2n) is 3.46. The van der Waals surface area contributed by atoms with Crippen LogP contribution in [0.5, 0.6) is 0 Å². The van der Waals surface area contributed by atoms with Crippen LogP contribution in [0, 0.1) is 0 Å². The number of carboxylic acids is 1. The van der Waals surface area contributed by atoms with E-state index in [1.54, 1.807) is 0 Å². The van der Waals surface area contributed by atoms with Crippen LogP contribution in [0.4, 0.5) is 0 Å². The quantitative estimate of drug-likeness (QED) is 0.718. The van der Waals surface area contributed by atoms with Gasteiger partial charge < -0.3 is 15.3 Å². The molecule has 2 heterocycles. The van der Waals surface area contributed by atoms with E-state index in [4.69, 9.17) is 5.11 Å². The monoisotopic (exact) mass is 255 g/mol. The van der Waals surface area contributed by atoms with Crippen molar-refractivity contribution in [3.05, 3.63) is 16.6 Å². The minimum atomic E-state index is -1.14. The Morgan fingerprint density at radius 1 is 1.59 bits per heavy atom. The third-order valence-electron chi connectivity index (χ3n) is 2.38. The molecule has 7 nitrogen and oxygen atoms in total. The van der Waals surface area contributed by atoms with Gasteiger partial charge in [-0.1, -0.05) is 0 Å². The number of nitrogens with zero attached hydrogens (tertiary/aromatic N) is 2. The number of aliphatic carboxylic acids is 1. The summed E-state index contributed by atoms with van der Waals surface area (Å²) in [4.78, 5) is 39.0. The highest BCUT2D eigenvalue weighted by Crippen LogP contribution is 2.11. The molecule has 0 aromatic carbocycles. The Labute approximate surface area is 100 Å². The maximum atomic E-state index is 11.9. The van der Waals surface area contributed by atoms with Gasteiger partial charge in [-0.2, -0.15) is 0 Å². The van der Waals surface area contributed by atoms with Gasteiger partial charge in [-0.05, 0) is 0 Å². The molecule has 0 radical (unpaired) electrons. The van der Waals surface area contributed by atoms with Crippen LogP contribution in [0.1, 0.15) is 10.5 Å². The molecule has 90 valence electrons. The molecular weight excluding hydrogens is 246 g/mol. The van der Waals surface area contributed by atoms with Gasteiger partial charge in [-0.3, -0.25) is 9.59 Å². The average molecular weight is 255 g/mol. The summed E-state index contributed by atoms with van der Waals surface area (Å²) in [7, 11) is 0. The van der Waals surface area contributed by atoms with E-state index in [1.807, 2.05) is 0 Å². The molecule has 2 rings (SSSR count). The van der Waals surface area contributed by atoms with Crippen LogP contribution in [-0.2, 0) is 9.59 Å². The van der Waals surface area contributed by atoms with E-state index in [2.05, 4.69) is 10.3 Å². The molecular formula is C9H9N3O4S. The molecule has 0 bridgehead atoms. The van der Waals surface area contributed by atoms with Gasteiger partial charge in [0.25, 0.3) is 5.91 Å². The fourth-order valence-electron chi connectivity index (χ4n) is 1.54. The van der Waals surface area contributed by atoms with Crippen LogP contribution < -0.4 is 5.32 Å². The summed E-state index contributed by atoms with van der Waals surface area (Å²) in [6.45, 7) is -0.336. The van der Waals surface area contributed by atoms with Crippen LogP contribution in [0.2, 0.25) is 0 Å². The van der Waals surface area contributed by atoms with Crippen LogP contribution in [0.25, 0.3) is 0 Å². The first-order chi connectivity index (χ1) is 8.09. The van der Waals surface area contributed by atoms with Crippen LogP contribution >= 0.6 is 11.3 Å². The van der Waals surface area contributed by atoms with Crippen molar-refractivity contribution in [2.24, 2.45) is 0 Å². The van der Waals surface area contributed by atoms with E-state index in [0.717, 1.165) is 4.90 Å². The number of thiazole rings is 1. The second-order valence-corrected chi connectivity index (χ2v) is 4.18. The Kier molecular flexibility index (Phi) is 3.05. The number of nitrogens with one attached hydrogen (secondary N) is 1. The predicted octanol–water partition coefficient (Wildman–Crippen LogP) is -0.832. The Bertz CT molecular complexity index is 459. The van der Waals surface area contributed by atoms with Crippen molar-refractivity contribution in [3.8, 4) is 0 Å². The van der Waals surface area contributed by atoms with E-state index in [1.165, 1.54) is 22.2 Å². The molecule has 1 atom stereocenters. The lowest BCUT2D eigenvalue weighted by atomic mass is 10.1. The maximum Gasteiger partial charge on any atom is 0.328 e. The van der Waals surface area contributed by atoms with Crippen molar-refractivity contribution in [2.45, 2.75) is 6.04 Å². The van der Waals surface area contributed by atoms with E-state index >= 15 is 0 Å². The highest BCUT2D eigenvalue weighted by molar-refractivity contribution is 7.07. The van der Waals surface area contributed by atoms with E-state index in [9.17, 15) is 14.4 Å². The Morgan fingerprint density at radius 3 is 2.94 bits per heavy atom. The van der Waals surface area contributed by atoms with Crippen molar-refractivity contribution in [1.29, 1.82) is 0 Å². The summed E-state index contributed by atoms with van der Waals surface area (Å²) in [5.41, 5.74) is 1.64. The highest BCUT2D eigenvalue weighted by Gasteiger charge is 2.36. The first-order valence-corrected chi connectivity index (χ1v) is 5.72. The average Bonchev–Trinajstić information content (AvgIpc) is 2.80. The van der Waals surface area contributed by atoms with E-state index < -0.39 is 17.9 Å². The molecule has 17 heavy (non-hydrogen) atoms. The van der Waals surface area contributed by atoms with Gasteiger partial charge in [0.15, 0.2) is 0 Å². The minimum Gasteiger partial charge on any atom is -0.480 e. The molecule has 1 unspecified atom stereocenters. The smallest absolute Gasteiger partial charge is 0.328 e. The van der Waals surface area contributed by atoms with Crippen molar-refractivity contribution < 1.29 is 19.5 Å². The molecule has 1 fully saturated rings. The summed E-state index contributed by atoms with van der Waals surface area (Å²) in [5, 5.41) is 12.9. The van der Waals surface area contributed by atoms with Gasteiger partial charge >= 0.3 is 5.97 Å². The van der Waals surface area contributed by atoms with Crippen LogP contribution in [0.15, 0.2) is 10.9 Å². The van der Waals surface area contributed by atoms with Crippen molar-refractivity contribution >= 4 is 29.1 Å². The molecule has 1 saturated heterocycles. The lowest BCUT2D eigenvalue weighted by Gasteiger charge is -2.32. The normalized spacial score (nSPS) is 19.9. The van der Waals surface area contributed by atoms with Gasteiger partial charge in [-0.15, -0.1) is 11.3 Å². The Morgan fingerprint density at radius 2 is 2.35 bits per heavy atom. The van der Waals surface area contributed by atoms with Crippen molar-refractivity contribution in [2.75, 3.05) is 13.1 Å². The summed E-state index contributed by atoms with van der Waals surface area (Å²) < 4.78 is 0. The third kappa shape index (κ3) is 2.26. The zero-order chi connectivity index (χ0) is 12.4. The van der Waals surface area contributed by atoms with E-state index in [0.29, 0.717) is 0 Å². The number of carbonyl (C=O) groups is 3. The number of carboxylic acid groups (broad SMARTS) is 1. The van der Waals surface area contributed by atoms with Gasteiger partial charge in [-0.25, -0.2) is 9.78 Å². The topological polar surface area (TPSA) is 99.6 Å². The number of rotatable bonds is 2. The number of piperazine rings is 1. The van der Waals surface area contributed by atoms with Gasteiger partial charge in [0.05, 0.1) is 5.51 Å². The fraction of sp³-hybridized carbons (Fsp3) is 0.333. The largest absolute Gasteiger partial charge is 0.480 e. The molecule has 2 amide bonds. The van der Waals surface area contributed by atoms with Crippen molar-refractivity contribution in [1.82, 2.24) is 15.2 Å². The van der Waals surface area contributed by atoms with Gasteiger partial charge in [0, 0.05) is 11.9 Å². The highest BCUT2D eigenvalue weighted by atomic mass is 32.1. The maximum absolute atomic E-state index is 11.9. The minimum absolute atomic E-state index is 0.0793. The summed E-state index contributed by atoms with van der Waals surface area (Å²) in [5.74, 6) is -2.05. The van der Waals surface area contributed by atoms with Gasteiger partial charge in [0.2, 0.25) is 5.91 Å². The van der Waals surface area contributed by atoms with Gasteiger partial charge in [0.1, 0.15) is 18.3 Å². The van der Waals surface area contributed by atoms with E-state index in [-0.39, 0.29) is 24.7 Å². The molecule has 1 aliphatic heterocycles. The zero-order valence-corrected chi connectivity index (χ0v) is 9.44. The Balaban J connectivity index is 2.23. The Hall–Kier alpha value is -1.96. The first kappa shape index (κ1) is 11.5. The number of hydrogen-bond acceptors (Lipinski definition) is 5. The second kappa shape index (κ2) is 4.50. The number of hydrogen-bond donors (Lipinski definition) is 2. The summed E-state index contributed by atoms with van der Waals surface area (Å²) in [6.07, 6.45) is 0. The SMILES string of the molecule is O=C1CN(C(=O)c2cscn2)C(C(=O)O)CN1. The lowest BCUT2D eigenvalue weighted by Crippen LogP contribution is -2.59. The predicted molar refractivity (Wildman–Crippen MR) is 57.6 cm³/mol. The summed E-state index contributed by atoms with van der Waals surface area (Å²) in [6, 6.07) is -1.04. The molecule has 1 aromatic heterocycles. The third-order valence-corrected chi connectivity index (χ3v) is 2.97. The van der Waals surface area contributed by atoms with Crippen LogP contribution in [-0.4, -0.2) is 51.9 Å². The first-order valence-electron chi connectivity index (χ1n) is 4.78. The molecule has 0 saturated carbocycles. The fourth-order valence-corrected chi connectivity index (χ4v) is 2.07. The molecule has 1 aliphatic rings. The summed E-state index contributed by atoms with van der Waals surface area (Å²) >= 11 is 1.24. The zero-order valence-electron chi connectivity index (χ0n) is 8.62. The standard InChI is InChI=1S/C9H9N3O4S/c13-7-2-12(6(1-10-7)9(15)16)8(14)5-3-17-4-11-5/h3-4,6H,1-2H2,(H,10,13)(H,15,16). The van der Waals surface area contributed by atoms with Crippen molar-refractivity contribution in [3.63, 3.8) is 0 Å². The van der Waals surface area contributed by atoms with Crippen LogP contribution in [0.3, 0.4) is 0 Å². The molecule has 0 spiro atoms. The lowest BCUT2D eigenvalue weighted by molar-refractivity contribution is -0.144. The number of carbonyl (C=O) groups excluding carboxylic acids is 2.